The third-order valence-corrected chi connectivity index (χ3v) is 5.01. The van der Waals surface area contributed by atoms with Gasteiger partial charge in [-0.25, -0.2) is 9.78 Å². The van der Waals surface area contributed by atoms with Crippen LogP contribution in [0.5, 0.6) is 0 Å². The van der Waals surface area contributed by atoms with E-state index >= 15 is 0 Å². The number of methoxy groups -OCH3 is 1. The zero-order valence-corrected chi connectivity index (χ0v) is 16.4. The van der Waals surface area contributed by atoms with Gasteiger partial charge in [0.15, 0.2) is 0 Å². The molecule has 0 aliphatic carbocycles. The first-order chi connectivity index (χ1) is 14.2. The summed E-state index contributed by atoms with van der Waals surface area (Å²) in [4.78, 5) is 16.3. The summed E-state index contributed by atoms with van der Waals surface area (Å²) in [5.74, 6) is 0.772. The number of benzene rings is 2. The molecule has 0 aliphatic heterocycles. The van der Waals surface area contributed by atoms with Gasteiger partial charge in [0.05, 0.1) is 12.9 Å². The lowest BCUT2D eigenvalue weighted by molar-refractivity contribution is 0.0563. The summed E-state index contributed by atoms with van der Waals surface area (Å²) in [7, 11) is 1.32. The molecule has 4 rings (SSSR count). The Morgan fingerprint density at radius 3 is 2.21 bits per heavy atom. The molecule has 0 unspecified atom stereocenters. The molecule has 2 aromatic heterocycles. The number of carbonyl (C=O) groups is 1. The summed E-state index contributed by atoms with van der Waals surface area (Å²) in [6.45, 7) is 0. The highest BCUT2D eigenvalue weighted by molar-refractivity contribution is 7.98. The van der Waals surface area contributed by atoms with E-state index < -0.39 is 5.97 Å². The smallest absolute Gasteiger partial charge is 0.373 e. The van der Waals surface area contributed by atoms with Gasteiger partial charge in [0.25, 0.3) is 0 Å². The molecule has 0 saturated carbocycles. The second kappa shape index (κ2) is 8.70. The van der Waals surface area contributed by atoms with Gasteiger partial charge in [0, 0.05) is 11.1 Å². The van der Waals surface area contributed by atoms with E-state index in [0.717, 1.165) is 22.5 Å². The fraction of sp³-hybridized carbons (Fsp3) is 0.0909. The molecule has 0 spiro atoms. The van der Waals surface area contributed by atoms with Gasteiger partial charge < -0.3 is 9.15 Å². The molecule has 0 bridgehead atoms. The number of furan rings is 1. The van der Waals surface area contributed by atoms with Gasteiger partial charge in [0.2, 0.25) is 10.9 Å². The highest BCUT2D eigenvalue weighted by atomic mass is 32.2. The first-order valence-electron chi connectivity index (χ1n) is 8.90. The molecule has 2 aromatic carbocycles. The highest BCUT2D eigenvalue weighted by Crippen LogP contribution is 2.30. The van der Waals surface area contributed by atoms with Gasteiger partial charge in [0.1, 0.15) is 17.1 Å². The lowest BCUT2D eigenvalue weighted by atomic mass is 10.0. The number of esters is 1. The van der Waals surface area contributed by atoms with Crippen molar-refractivity contribution in [3.8, 4) is 22.5 Å². The average molecular weight is 403 g/mol. The van der Waals surface area contributed by atoms with Crippen LogP contribution < -0.4 is 0 Å². The van der Waals surface area contributed by atoms with Crippen molar-refractivity contribution in [1.29, 1.82) is 0 Å². The molecule has 2 heterocycles. The second-order valence-corrected chi connectivity index (χ2v) is 7.01. The summed E-state index contributed by atoms with van der Waals surface area (Å²) in [5, 5.41) is 9.26. The van der Waals surface area contributed by atoms with E-state index in [2.05, 4.69) is 14.9 Å². The Morgan fingerprint density at radius 2 is 1.55 bits per heavy atom. The number of aromatic nitrogens is 3. The number of nitrogens with zero attached hydrogens (tertiary/aromatic N) is 3. The van der Waals surface area contributed by atoms with E-state index in [0.29, 0.717) is 16.7 Å². The van der Waals surface area contributed by atoms with Crippen molar-refractivity contribution in [3.05, 3.63) is 84.3 Å². The maximum Gasteiger partial charge on any atom is 0.373 e. The first kappa shape index (κ1) is 18.9. The standard InChI is InChI=1S/C22H17N3O3S/c1-27-21(26)18-13-12-17(28-18)14-29-22-23-19(15-8-4-2-5-9-15)20(24-25-22)16-10-6-3-7-11-16/h2-13H,14H2,1H3. The van der Waals surface area contributed by atoms with Crippen LogP contribution in [0.4, 0.5) is 0 Å². The second-order valence-electron chi connectivity index (χ2n) is 6.07. The molecule has 7 heteroatoms. The average Bonchev–Trinajstić information content (AvgIpc) is 3.27. The molecule has 6 nitrogen and oxygen atoms in total. The van der Waals surface area contributed by atoms with Gasteiger partial charge in [-0.15, -0.1) is 10.2 Å². The molecule has 0 radical (unpaired) electrons. The Labute approximate surface area is 172 Å². The predicted molar refractivity (Wildman–Crippen MR) is 110 cm³/mol. The minimum Gasteiger partial charge on any atom is -0.463 e. The quantitative estimate of drug-likeness (QED) is 0.335. The largest absolute Gasteiger partial charge is 0.463 e. The van der Waals surface area contributed by atoms with Gasteiger partial charge in [-0.1, -0.05) is 72.4 Å². The molecule has 0 atom stereocenters. The summed E-state index contributed by atoms with van der Waals surface area (Å²) in [5.41, 5.74) is 3.42. The van der Waals surface area contributed by atoms with Gasteiger partial charge in [-0.05, 0) is 12.1 Å². The van der Waals surface area contributed by atoms with E-state index in [1.807, 2.05) is 60.7 Å². The lowest BCUT2D eigenvalue weighted by Gasteiger charge is -2.09. The lowest BCUT2D eigenvalue weighted by Crippen LogP contribution is -1.99. The summed E-state index contributed by atoms with van der Waals surface area (Å²) >= 11 is 1.39. The highest BCUT2D eigenvalue weighted by Gasteiger charge is 2.15. The van der Waals surface area contributed by atoms with Crippen LogP contribution in [0.15, 0.2) is 82.4 Å². The van der Waals surface area contributed by atoms with Crippen LogP contribution in [-0.4, -0.2) is 28.3 Å². The van der Waals surface area contributed by atoms with E-state index in [9.17, 15) is 4.79 Å². The van der Waals surface area contributed by atoms with Crippen molar-refractivity contribution >= 4 is 17.7 Å². The molecule has 0 N–H and O–H groups in total. The maximum atomic E-state index is 11.5. The Hall–Kier alpha value is -3.45. The Morgan fingerprint density at radius 1 is 0.897 bits per heavy atom. The SMILES string of the molecule is COC(=O)c1ccc(CSc2nnc(-c3ccccc3)c(-c3ccccc3)n2)o1. The first-order valence-corrected chi connectivity index (χ1v) is 9.88. The van der Waals surface area contributed by atoms with Crippen molar-refractivity contribution in [3.63, 3.8) is 0 Å². The van der Waals surface area contributed by atoms with Crippen molar-refractivity contribution in [2.45, 2.75) is 10.9 Å². The fourth-order valence-electron chi connectivity index (χ4n) is 2.76. The predicted octanol–water partition coefficient (Wildman–Crippen LogP) is 4.88. The van der Waals surface area contributed by atoms with E-state index in [1.165, 1.54) is 18.9 Å². The Kier molecular flexibility index (Phi) is 5.67. The fourth-order valence-corrected chi connectivity index (χ4v) is 3.44. The van der Waals surface area contributed by atoms with Crippen LogP contribution in [0, 0.1) is 0 Å². The number of ether oxygens (including phenoxy) is 1. The molecule has 0 amide bonds. The molecule has 144 valence electrons. The molecule has 0 aliphatic rings. The van der Waals surface area contributed by atoms with E-state index in [4.69, 9.17) is 9.40 Å². The van der Waals surface area contributed by atoms with Crippen molar-refractivity contribution in [2.75, 3.05) is 7.11 Å². The zero-order valence-electron chi connectivity index (χ0n) is 15.6. The zero-order chi connectivity index (χ0) is 20.1. The van der Waals surface area contributed by atoms with Crippen LogP contribution in [0.3, 0.4) is 0 Å². The minimum atomic E-state index is -0.502. The summed E-state index contributed by atoms with van der Waals surface area (Å²) in [6, 6.07) is 23.1. The van der Waals surface area contributed by atoms with Crippen LogP contribution in [-0.2, 0) is 10.5 Å². The minimum absolute atomic E-state index is 0.173. The topological polar surface area (TPSA) is 78.1 Å². The Balaban J connectivity index is 1.62. The van der Waals surface area contributed by atoms with Gasteiger partial charge in [-0.3, -0.25) is 0 Å². The van der Waals surface area contributed by atoms with Gasteiger partial charge in [-0.2, -0.15) is 0 Å². The van der Waals surface area contributed by atoms with Crippen LogP contribution >= 0.6 is 11.8 Å². The molecule has 29 heavy (non-hydrogen) atoms. The van der Waals surface area contributed by atoms with Crippen molar-refractivity contribution in [2.24, 2.45) is 0 Å². The maximum absolute atomic E-state index is 11.5. The normalized spacial score (nSPS) is 10.7. The summed E-state index contributed by atoms with van der Waals surface area (Å²) < 4.78 is 10.2. The van der Waals surface area contributed by atoms with E-state index in [-0.39, 0.29) is 5.76 Å². The van der Waals surface area contributed by atoms with E-state index in [1.54, 1.807) is 12.1 Å². The molecular formula is C22H17N3O3S. The Bertz CT molecular complexity index is 1110. The number of hydrogen-bond acceptors (Lipinski definition) is 7. The number of carbonyl (C=O) groups excluding carboxylic acids is 1. The molecule has 0 saturated heterocycles. The third kappa shape index (κ3) is 4.35. The third-order valence-electron chi connectivity index (χ3n) is 4.15. The molecule has 4 aromatic rings. The van der Waals surface area contributed by atoms with Crippen LogP contribution in [0.1, 0.15) is 16.3 Å². The number of thioether (sulfide) groups is 1. The number of rotatable bonds is 6. The van der Waals surface area contributed by atoms with Crippen LogP contribution in [0.25, 0.3) is 22.5 Å². The van der Waals surface area contributed by atoms with Crippen LogP contribution in [0.2, 0.25) is 0 Å². The number of hydrogen-bond donors (Lipinski definition) is 0. The summed E-state index contributed by atoms with van der Waals surface area (Å²) in [6.07, 6.45) is 0. The van der Waals surface area contributed by atoms with Gasteiger partial charge >= 0.3 is 5.97 Å². The monoisotopic (exact) mass is 403 g/mol. The van der Waals surface area contributed by atoms with Crippen molar-refractivity contribution in [1.82, 2.24) is 15.2 Å². The van der Waals surface area contributed by atoms with Crippen molar-refractivity contribution < 1.29 is 13.9 Å². The molecular weight excluding hydrogens is 386 g/mol. The molecule has 0 fully saturated rings.